The molecule has 0 atom stereocenters. The van der Waals surface area contributed by atoms with Crippen molar-refractivity contribution in [3.05, 3.63) is 29.0 Å². The fourth-order valence-corrected chi connectivity index (χ4v) is 2.78. The van der Waals surface area contributed by atoms with Crippen molar-refractivity contribution in [1.82, 2.24) is 10.3 Å². The molecule has 1 heterocycles. The van der Waals surface area contributed by atoms with Crippen LogP contribution in [0.15, 0.2) is 18.5 Å². The molecular weight excluding hydrogens is 280 g/mol. The van der Waals surface area contributed by atoms with Gasteiger partial charge in [0, 0.05) is 18.9 Å². The van der Waals surface area contributed by atoms with Gasteiger partial charge in [0.15, 0.2) is 0 Å². The van der Waals surface area contributed by atoms with E-state index in [1.165, 1.54) is 18.5 Å². The summed E-state index contributed by atoms with van der Waals surface area (Å²) in [6, 6.07) is 1.53. The first-order chi connectivity index (χ1) is 9.55. The number of amides is 1. The average molecular weight is 297 g/mol. The van der Waals surface area contributed by atoms with Crippen LogP contribution >= 0.6 is 11.6 Å². The number of carboxylic acid groups (broad SMARTS) is 1. The zero-order valence-corrected chi connectivity index (χ0v) is 11.8. The summed E-state index contributed by atoms with van der Waals surface area (Å²) in [5.41, 5.74) is -0.576. The topological polar surface area (TPSA) is 79.3 Å². The van der Waals surface area contributed by atoms with E-state index in [2.05, 4.69) is 10.3 Å². The number of aliphatic carboxylic acids is 1. The molecule has 1 aliphatic carbocycles. The molecule has 2 N–H and O–H groups in total. The van der Waals surface area contributed by atoms with Crippen LogP contribution in [0.5, 0.6) is 0 Å². The van der Waals surface area contributed by atoms with Crippen LogP contribution in [0, 0.1) is 5.41 Å². The molecule has 20 heavy (non-hydrogen) atoms. The van der Waals surface area contributed by atoms with Gasteiger partial charge in [-0.15, -0.1) is 0 Å². The highest BCUT2D eigenvalue weighted by Crippen LogP contribution is 2.36. The smallest absolute Gasteiger partial charge is 0.311 e. The van der Waals surface area contributed by atoms with Crippen LogP contribution in [0.4, 0.5) is 0 Å². The quantitative estimate of drug-likeness (QED) is 0.894. The van der Waals surface area contributed by atoms with Gasteiger partial charge in [-0.25, -0.2) is 0 Å². The first-order valence-electron chi connectivity index (χ1n) is 6.66. The third kappa shape index (κ3) is 3.10. The van der Waals surface area contributed by atoms with Gasteiger partial charge in [-0.3, -0.25) is 14.6 Å². The molecule has 2 rings (SSSR count). The Morgan fingerprint density at radius 1 is 1.35 bits per heavy atom. The summed E-state index contributed by atoms with van der Waals surface area (Å²) in [5.74, 6) is -1.22. The Balaban J connectivity index is 2.05. The van der Waals surface area contributed by atoms with E-state index in [0.29, 0.717) is 17.9 Å². The fourth-order valence-electron chi connectivity index (χ4n) is 2.58. The summed E-state index contributed by atoms with van der Waals surface area (Å²) in [4.78, 5) is 27.4. The van der Waals surface area contributed by atoms with E-state index in [-0.39, 0.29) is 18.0 Å². The number of aromatic nitrogens is 1. The van der Waals surface area contributed by atoms with E-state index in [1.54, 1.807) is 0 Å². The minimum atomic E-state index is -0.845. The van der Waals surface area contributed by atoms with Gasteiger partial charge in [-0.2, -0.15) is 0 Å². The van der Waals surface area contributed by atoms with Crippen molar-refractivity contribution in [2.45, 2.75) is 32.1 Å². The lowest BCUT2D eigenvalue weighted by Gasteiger charge is -2.33. The number of carboxylic acids is 1. The van der Waals surface area contributed by atoms with Gasteiger partial charge in [0.05, 0.1) is 16.0 Å². The number of nitrogens with zero attached hydrogens (tertiary/aromatic N) is 1. The molecule has 0 radical (unpaired) electrons. The minimum Gasteiger partial charge on any atom is -0.481 e. The molecular formula is C14H17ClN2O3. The van der Waals surface area contributed by atoms with Crippen LogP contribution in [0.25, 0.3) is 0 Å². The molecule has 1 fully saturated rings. The number of hydrogen-bond donors (Lipinski definition) is 2. The number of pyridine rings is 1. The first kappa shape index (κ1) is 14.8. The highest BCUT2D eigenvalue weighted by molar-refractivity contribution is 6.33. The lowest BCUT2D eigenvalue weighted by Crippen LogP contribution is -2.44. The molecule has 1 amide bonds. The summed E-state index contributed by atoms with van der Waals surface area (Å²) in [6.45, 7) is 0.131. The number of carbonyl (C=O) groups excluding carboxylic acids is 1. The molecule has 1 aliphatic rings. The fraction of sp³-hybridized carbons (Fsp3) is 0.500. The lowest BCUT2D eigenvalue weighted by atomic mass is 9.74. The highest BCUT2D eigenvalue weighted by atomic mass is 35.5. The van der Waals surface area contributed by atoms with Crippen molar-refractivity contribution in [3.63, 3.8) is 0 Å². The van der Waals surface area contributed by atoms with Gasteiger partial charge in [-0.05, 0) is 18.9 Å². The van der Waals surface area contributed by atoms with E-state index >= 15 is 0 Å². The zero-order valence-electron chi connectivity index (χ0n) is 11.1. The Kier molecular flexibility index (Phi) is 4.60. The molecule has 1 saturated carbocycles. The number of rotatable bonds is 4. The van der Waals surface area contributed by atoms with E-state index in [1.807, 2.05) is 0 Å². The van der Waals surface area contributed by atoms with Crippen LogP contribution < -0.4 is 5.32 Å². The van der Waals surface area contributed by atoms with Crippen LogP contribution in [-0.2, 0) is 4.79 Å². The summed E-state index contributed by atoms with van der Waals surface area (Å²) in [7, 11) is 0. The van der Waals surface area contributed by atoms with Crippen LogP contribution in [0.2, 0.25) is 5.02 Å². The lowest BCUT2D eigenvalue weighted by molar-refractivity contribution is -0.150. The SMILES string of the molecule is O=C(NCC1(C(=O)O)CCCCC1)c1cnccc1Cl. The average Bonchev–Trinajstić information content (AvgIpc) is 2.46. The van der Waals surface area contributed by atoms with Crippen LogP contribution in [0.1, 0.15) is 42.5 Å². The number of halogens is 1. The van der Waals surface area contributed by atoms with Gasteiger partial charge >= 0.3 is 5.97 Å². The molecule has 6 heteroatoms. The van der Waals surface area contributed by atoms with Gasteiger partial charge in [0.2, 0.25) is 0 Å². The number of nitrogens with one attached hydrogen (secondary N) is 1. The van der Waals surface area contributed by atoms with Crippen molar-refractivity contribution in [2.24, 2.45) is 5.41 Å². The predicted molar refractivity (Wildman–Crippen MR) is 74.7 cm³/mol. The summed E-state index contributed by atoms with van der Waals surface area (Å²) < 4.78 is 0. The normalized spacial score (nSPS) is 17.4. The van der Waals surface area contributed by atoms with Gasteiger partial charge < -0.3 is 10.4 Å². The Morgan fingerprint density at radius 2 is 2.05 bits per heavy atom. The standard InChI is InChI=1S/C14H17ClN2O3/c15-11-4-7-16-8-10(11)12(18)17-9-14(13(19)20)5-2-1-3-6-14/h4,7-8H,1-3,5-6,9H2,(H,17,18)(H,19,20). The molecule has 1 aromatic rings. The van der Waals surface area contributed by atoms with Crippen molar-refractivity contribution in [2.75, 3.05) is 6.54 Å². The van der Waals surface area contributed by atoms with Crippen molar-refractivity contribution >= 4 is 23.5 Å². The van der Waals surface area contributed by atoms with Crippen molar-refractivity contribution < 1.29 is 14.7 Å². The summed E-state index contributed by atoms with van der Waals surface area (Å²) in [5, 5.41) is 12.4. The first-order valence-corrected chi connectivity index (χ1v) is 7.04. The van der Waals surface area contributed by atoms with Gasteiger partial charge in [0.25, 0.3) is 5.91 Å². The molecule has 108 valence electrons. The minimum absolute atomic E-state index is 0.131. The van der Waals surface area contributed by atoms with Crippen LogP contribution in [-0.4, -0.2) is 28.5 Å². The molecule has 1 aromatic heterocycles. The van der Waals surface area contributed by atoms with E-state index in [9.17, 15) is 14.7 Å². The molecule has 0 aliphatic heterocycles. The van der Waals surface area contributed by atoms with E-state index in [0.717, 1.165) is 19.3 Å². The Labute approximate surface area is 122 Å². The monoisotopic (exact) mass is 296 g/mol. The van der Waals surface area contributed by atoms with E-state index in [4.69, 9.17) is 11.6 Å². The predicted octanol–water partition coefficient (Wildman–Crippen LogP) is 2.50. The molecule has 0 bridgehead atoms. The Hall–Kier alpha value is -1.62. The number of carbonyl (C=O) groups is 2. The zero-order chi connectivity index (χ0) is 14.6. The maximum Gasteiger partial charge on any atom is 0.311 e. The molecule has 0 spiro atoms. The van der Waals surface area contributed by atoms with Gasteiger partial charge in [0.1, 0.15) is 0 Å². The van der Waals surface area contributed by atoms with Crippen molar-refractivity contribution in [3.8, 4) is 0 Å². The van der Waals surface area contributed by atoms with E-state index < -0.39 is 11.4 Å². The van der Waals surface area contributed by atoms with Crippen molar-refractivity contribution in [1.29, 1.82) is 0 Å². The maximum absolute atomic E-state index is 12.0. The Morgan fingerprint density at radius 3 is 2.65 bits per heavy atom. The third-order valence-electron chi connectivity index (χ3n) is 3.86. The van der Waals surface area contributed by atoms with Crippen LogP contribution in [0.3, 0.4) is 0 Å². The molecule has 5 nitrogen and oxygen atoms in total. The van der Waals surface area contributed by atoms with Gasteiger partial charge in [-0.1, -0.05) is 30.9 Å². The number of hydrogen-bond acceptors (Lipinski definition) is 3. The second-order valence-corrected chi connectivity index (χ2v) is 5.59. The molecule has 0 aromatic carbocycles. The third-order valence-corrected chi connectivity index (χ3v) is 4.19. The second-order valence-electron chi connectivity index (χ2n) is 5.18. The molecule has 0 unspecified atom stereocenters. The second kappa shape index (κ2) is 6.22. The maximum atomic E-state index is 12.0. The largest absolute Gasteiger partial charge is 0.481 e. The summed E-state index contributed by atoms with van der Waals surface area (Å²) >= 11 is 5.92. The highest BCUT2D eigenvalue weighted by Gasteiger charge is 2.39. The molecule has 0 saturated heterocycles. The summed E-state index contributed by atoms with van der Waals surface area (Å²) in [6.07, 6.45) is 6.90. The Bertz CT molecular complexity index is 513.